The minimum Gasteiger partial charge on any atom is -0.563 e. The van der Waals surface area contributed by atoms with Gasteiger partial charge >= 0.3 is 5.97 Å². The standard InChI is InChI=1S/C19H28ClN3O3Si/c1-13-11-21-18(20)22-16(13)14-10-15(17(24)25-5)23(12-14)8-9-26-27(6,7)19(2,3)4/h10-12H,8-9H2,1-7H3/q-1. The number of esters is 1. The fourth-order valence-electron chi connectivity index (χ4n) is 2.43. The van der Waals surface area contributed by atoms with E-state index < -0.39 is 14.3 Å². The summed E-state index contributed by atoms with van der Waals surface area (Å²) in [5.74, 6) is -0.397. The van der Waals surface area contributed by atoms with Crippen molar-refractivity contribution in [3.8, 4) is 11.3 Å². The Bertz CT molecular complexity index is 828. The third-order valence-corrected chi connectivity index (χ3v) is 9.83. The Labute approximate surface area is 167 Å². The maximum absolute atomic E-state index is 12.2. The van der Waals surface area contributed by atoms with Crippen molar-refractivity contribution in [1.82, 2.24) is 14.5 Å². The second kappa shape index (κ2) is 8.12. The smallest absolute Gasteiger partial charge is 0.354 e. The quantitative estimate of drug-likeness (QED) is 0.392. The summed E-state index contributed by atoms with van der Waals surface area (Å²) in [4.78, 5) is 20.5. The zero-order chi connectivity index (χ0) is 20.4. The molecule has 2 heterocycles. The lowest BCUT2D eigenvalue weighted by molar-refractivity contribution is 0.0587. The molecule has 6 nitrogen and oxygen atoms in total. The normalized spacial score (nSPS) is 12.3. The second-order valence-corrected chi connectivity index (χ2v) is 13.2. The predicted octanol–water partition coefficient (Wildman–Crippen LogP) is 4.72. The van der Waals surface area contributed by atoms with Gasteiger partial charge in [-0.15, -0.1) is 18.1 Å². The molecule has 2 rings (SSSR count). The Balaban J connectivity index is 2.29. The van der Waals surface area contributed by atoms with Crippen molar-refractivity contribution < 1.29 is 14.0 Å². The van der Waals surface area contributed by atoms with Crippen molar-refractivity contribution in [3.63, 3.8) is 0 Å². The van der Waals surface area contributed by atoms with Gasteiger partial charge in [0.05, 0.1) is 12.8 Å². The number of carbonyl (C=O) groups is 1. The van der Waals surface area contributed by atoms with Gasteiger partial charge in [0.2, 0.25) is 5.28 Å². The first-order chi connectivity index (χ1) is 12.5. The van der Waals surface area contributed by atoms with E-state index in [1.807, 2.05) is 17.7 Å². The molecule has 0 aliphatic heterocycles. The summed E-state index contributed by atoms with van der Waals surface area (Å²) < 4.78 is 13.0. The molecule has 0 saturated heterocycles. The Morgan fingerprint density at radius 1 is 1.33 bits per heavy atom. The van der Waals surface area contributed by atoms with Crippen LogP contribution in [0.15, 0.2) is 18.5 Å². The van der Waals surface area contributed by atoms with Crippen molar-refractivity contribution in [3.05, 3.63) is 35.0 Å². The van der Waals surface area contributed by atoms with E-state index >= 15 is 0 Å². The number of aryl methyl sites for hydroxylation is 1. The minimum atomic E-state index is -1.85. The zero-order valence-corrected chi connectivity index (χ0v) is 18.8. The van der Waals surface area contributed by atoms with Crippen LogP contribution in [0.25, 0.3) is 11.3 Å². The molecule has 0 spiro atoms. The number of hydrogen-bond donors (Lipinski definition) is 0. The highest BCUT2D eigenvalue weighted by Gasteiger charge is 2.25. The van der Waals surface area contributed by atoms with Gasteiger partial charge in [0, 0.05) is 31.1 Å². The second-order valence-electron chi connectivity index (χ2n) is 8.08. The largest absolute Gasteiger partial charge is 0.563 e. The summed E-state index contributed by atoms with van der Waals surface area (Å²) in [7, 11) is -0.479. The third-order valence-electron chi connectivity index (χ3n) is 5.11. The van der Waals surface area contributed by atoms with Gasteiger partial charge in [-0.2, -0.15) is 0 Å². The Morgan fingerprint density at radius 2 is 2.00 bits per heavy atom. The zero-order valence-electron chi connectivity index (χ0n) is 17.1. The molecular formula is C19H28ClN3O3Si-. The summed E-state index contributed by atoms with van der Waals surface area (Å²) in [6.07, 6.45) is 3.55. The SMILES string of the molecule is COC(=O)c1cc(-c2nc(Cl)ncc2C)cn1CCO[Si-](C)(C)C(C)(C)C. The third kappa shape index (κ3) is 4.97. The Morgan fingerprint density at radius 3 is 2.59 bits per heavy atom. The van der Waals surface area contributed by atoms with E-state index in [1.54, 1.807) is 12.3 Å². The highest BCUT2D eigenvalue weighted by atomic mass is 35.5. The van der Waals surface area contributed by atoms with E-state index in [2.05, 4.69) is 43.8 Å². The first-order valence-electron chi connectivity index (χ1n) is 8.88. The maximum Gasteiger partial charge on any atom is 0.354 e. The molecule has 0 aliphatic rings. The summed E-state index contributed by atoms with van der Waals surface area (Å²) in [5.41, 5.74) is 2.83. The van der Waals surface area contributed by atoms with Gasteiger partial charge in [0.15, 0.2) is 0 Å². The lowest BCUT2D eigenvalue weighted by Gasteiger charge is -2.48. The molecule has 0 unspecified atom stereocenters. The molecule has 0 aliphatic carbocycles. The highest BCUT2D eigenvalue weighted by molar-refractivity contribution is 6.74. The van der Waals surface area contributed by atoms with E-state index in [1.165, 1.54) is 7.11 Å². The van der Waals surface area contributed by atoms with Crippen LogP contribution in [-0.2, 0) is 15.7 Å². The number of aromatic nitrogens is 3. The molecule has 0 atom stereocenters. The fourth-order valence-corrected chi connectivity index (χ4v) is 3.60. The maximum atomic E-state index is 12.2. The first-order valence-corrected chi connectivity index (χ1v) is 12.2. The molecule has 0 saturated carbocycles. The van der Waals surface area contributed by atoms with E-state index in [4.69, 9.17) is 20.8 Å². The summed E-state index contributed by atoms with van der Waals surface area (Å²) in [5, 5.41) is 0.304. The molecular weight excluding hydrogens is 382 g/mol. The van der Waals surface area contributed by atoms with Gasteiger partial charge in [0.25, 0.3) is 0 Å². The Kier molecular flexibility index (Phi) is 6.50. The molecule has 2 aromatic heterocycles. The van der Waals surface area contributed by atoms with Crippen molar-refractivity contribution in [1.29, 1.82) is 0 Å². The summed E-state index contributed by atoms with van der Waals surface area (Å²) >= 11 is 5.94. The number of carbonyl (C=O) groups excluding carboxylic acids is 1. The van der Waals surface area contributed by atoms with Crippen molar-refractivity contribution in [2.75, 3.05) is 13.7 Å². The molecule has 0 amide bonds. The Hall–Kier alpha value is -1.70. The van der Waals surface area contributed by atoms with Crippen LogP contribution in [0.1, 0.15) is 36.8 Å². The van der Waals surface area contributed by atoms with Gasteiger partial charge in [-0.05, 0) is 38.5 Å². The number of halogens is 1. The lowest BCUT2D eigenvalue weighted by Crippen LogP contribution is -2.41. The molecule has 0 N–H and O–H groups in total. The number of hydrogen-bond acceptors (Lipinski definition) is 5. The average Bonchev–Trinajstić information content (AvgIpc) is 2.99. The van der Waals surface area contributed by atoms with Crippen LogP contribution < -0.4 is 0 Å². The number of nitrogens with zero attached hydrogens (tertiary/aromatic N) is 3. The summed E-state index contributed by atoms with van der Waals surface area (Å²) in [6, 6.07) is 1.77. The van der Waals surface area contributed by atoms with E-state index in [-0.39, 0.29) is 10.3 Å². The van der Waals surface area contributed by atoms with E-state index in [0.29, 0.717) is 24.5 Å². The number of ether oxygens (including phenoxy) is 1. The molecule has 0 bridgehead atoms. The lowest BCUT2D eigenvalue weighted by atomic mass is 10.1. The van der Waals surface area contributed by atoms with Crippen molar-refractivity contribution in [2.24, 2.45) is 0 Å². The van der Waals surface area contributed by atoms with Gasteiger partial charge in [0.1, 0.15) is 5.69 Å². The molecule has 0 fully saturated rings. The molecule has 0 radical (unpaired) electrons. The number of rotatable bonds is 6. The van der Waals surface area contributed by atoms with Crippen LogP contribution in [0.5, 0.6) is 0 Å². The van der Waals surface area contributed by atoms with Gasteiger partial charge in [-0.3, -0.25) is 0 Å². The molecule has 2 aromatic rings. The molecule has 0 aromatic carbocycles. The van der Waals surface area contributed by atoms with Crippen LogP contribution in [0.4, 0.5) is 0 Å². The van der Waals surface area contributed by atoms with Crippen molar-refractivity contribution >= 4 is 25.9 Å². The van der Waals surface area contributed by atoms with Gasteiger partial charge in [-0.25, -0.2) is 14.8 Å². The summed E-state index contributed by atoms with van der Waals surface area (Å²) in [6.45, 7) is 14.0. The molecule has 27 heavy (non-hydrogen) atoms. The van der Waals surface area contributed by atoms with Crippen molar-refractivity contribution in [2.45, 2.75) is 52.4 Å². The van der Waals surface area contributed by atoms with Gasteiger partial charge in [-0.1, -0.05) is 20.8 Å². The van der Waals surface area contributed by atoms with Crippen LogP contribution in [-0.4, -0.2) is 42.5 Å². The topological polar surface area (TPSA) is 66.2 Å². The van der Waals surface area contributed by atoms with Crippen LogP contribution >= 0.6 is 11.6 Å². The van der Waals surface area contributed by atoms with Crippen LogP contribution in [0.2, 0.25) is 23.4 Å². The predicted molar refractivity (Wildman–Crippen MR) is 110 cm³/mol. The van der Waals surface area contributed by atoms with E-state index in [9.17, 15) is 4.79 Å². The van der Waals surface area contributed by atoms with Crippen LogP contribution in [0.3, 0.4) is 0 Å². The molecule has 149 valence electrons. The first kappa shape index (κ1) is 21.6. The van der Waals surface area contributed by atoms with Crippen LogP contribution in [0, 0.1) is 6.92 Å². The minimum absolute atomic E-state index is 0.134. The fraction of sp³-hybridized carbons (Fsp3) is 0.526. The average molecular weight is 410 g/mol. The van der Waals surface area contributed by atoms with E-state index in [0.717, 1.165) is 11.1 Å². The monoisotopic (exact) mass is 409 g/mol. The highest BCUT2D eigenvalue weighted by Crippen LogP contribution is 2.36. The van der Waals surface area contributed by atoms with Gasteiger partial charge < -0.3 is 13.7 Å². The number of methoxy groups -OCH3 is 1. The molecule has 8 heteroatoms.